The first-order chi connectivity index (χ1) is 4.45. The van der Waals surface area contributed by atoms with E-state index in [4.69, 9.17) is 0 Å². The minimum Gasteiger partial charge on any atom is -0.384 e. The predicted molar refractivity (Wildman–Crippen MR) is 46.8 cm³/mol. The van der Waals surface area contributed by atoms with E-state index in [-0.39, 0.29) is 5.54 Å². The average Bonchev–Trinajstić information content (AvgIpc) is 1.59. The summed E-state index contributed by atoms with van der Waals surface area (Å²) in [5.74, 6) is 0. The standard InChI is InChI=1S/C9H17N/c1-6-7-8(2)10-9(3,4)5/h6-7,10H,1H2,2-5H3/b8-7+. The van der Waals surface area contributed by atoms with Crippen LogP contribution in [0.3, 0.4) is 0 Å². The van der Waals surface area contributed by atoms with Crippen LogP contribution in [0.25, 0.3) is 0 Å². The van der Waals surface area contributed by atoms with E-state index in [2.05, 4.69) is 32.7 Å². The first-order valence-electron chi connectivity index (χ1n) is 3.53. The van der Waals surface area contributed by atoms with Crippen molar-refractivity contribution in [3.63, 3.8) is 0 Å². The van der Waals surface area contributed by atoms with Gasteiger partial charge in [0.1, 0.15) is 0 Å². The van der Waals surface area contributed by atoms with Gasteiger partial charge in [0.25, 0.3) is 0 Å². The minimum atomic E-state index is 0.156. The zero-order valence-corrected chi connectivity index (χ0v) is 7.36. The fraction of sp³-hybridized carbons (Fsp3) is 0.556. The maximum absolute atomic E-state index is 3.61. The van der Waals surface area contributed by atoms with E-state index in [1.807, 2.05) is 13.0 Å². The molecule has 0 fully saturated rings. The summed E-state index contributed by atoms with van der Waals surface area (Å²) in [5.41, 5.74) is 1.31. The van der Waals surface area contributed by atoms with Crippen LogP contribution in [-0.4, -0.2) is 5.54 Å². The van der Waals surface area contributed by atoms with Gasteiger partial charge in [0.05, 0.1) is 0 Å². The molecule has 0 aromatic heterocycles. The van der Waals surface area contributed by atoms with Gasteiger partial charge < -0.3 is 5.32 Å². The second-order valence-electron chi connectivity index (χ2n) is 3.46. The summed E-state index contributed by atoms with van der Waals surface area (Å²) < 4.78 is 0. The fourth-order valence-corrected chi connectivity index (χ4v) is 0.810. The van der Waals surface area contributed by atoms with Crippen LogP contribution in [0, 0.1) is 0 Å². The van der Waals surface area contributed by atoms with Crippen LogP contribution >= 0.6 is 0 Å². The molecule has 0 spiro atoms. The molecule has 1 heteroatoms. The Morgan fingerprint density at radius 3 is 2.20 bits per heavy atom. The molecule has 0 amide bonds. The first kappa shape index (κ1) is 9.28. The Bertz CT molecular complexity index is 137. The molecule has 0 aliphatic heterocycles. The van der Waals surface area contributed by atoms with Crippen molar-refractivity contribution < 1.29 is 0 Å². The lowest BCUT2D eigenvalue weighted by atomic mass is 10.1. The van der Waals surface area contributed by atoms with Crippen molar-refractivity contribution in [2.45, 2.75) is 33.2 Å². The van der Waals surface area contributed by atoms with Gasteiger partial charge in [-0.3, -0.25) is 0 Å². The van der Waals surface area contributed by atoms with Crippen molar-refractivity contribution >= 4 is 0 Å². The molecule has 1 nitrogen and oxygen atoms in total. The third-order valence-electron chi connectivity index (χ3n) is 0.940. The Kier molecular flexibility index (Phi) is 3.20. The molecule has 1 N–H and O–H groups in total. The van der Waals surface area contributed by atoms with E-state index in [0.717, 1.165) is 5.70 Å². The summed E-state index contributed by atoms with van der Waals surface area (Å²) in [6.45, 7) is 12.0. The summed E-state index contributed by atoms with van der Waals surface area (Å²) in [7, 11) is 0. The lowest BCUT2D eigenvalue weighted by Gasteiger charge is -2.22. The number of hydrogen-bond acceptors (Lipinski definition) is 1. The van der Waals surface area contributed by atoms with Gasteiger partial charge in [-0.2, -0.15) is 0 Å². The molecule has 0 aromatic carbocycles. The van der Waals surface area contributed by atoms with E-state index >= 15 is 0 Å². The fourth-order valence-electron chi connectivity index (χ4n) is 0.810. The van der Waals surface area contributed by atoms with Gasteiger partial charge in [-0.15, -0.1) is 0 Å². The van der Waals surface area contributed by atoms with E-state index in [9.17, 15) is 0 Å². The molecule has 0 aromatic rings. The van der Waals surface area contributed by atoms with Gasteiger partial charge in [0.2, 0.25) is 0 Å². The van der Waals surface area contributed by atoms with E-state index < -0.39 is 0 Å². The van der Waals surface area contributed by atoms with Crippen LogP contribution in [0.1, 0.15) is 27.7 Å². The van der Waals surface area contributed by atoms with Gasteiger partial charge in [-0.05, 0) is 33.8 Å². The normalized spacial score (nSPS) is 13.0. The van der Waals surface area contributed by atoms with Crippen LogP contribution in [0.2, 0.25) is 0 Å². The Morgan fingerprint density at radius 1 is 1.40 bits per heavy atom. The molecule has 0 aliphatic carbocycles. The summed E-state index contributed by atoms with van der Waals surface area (Å²) in [5, 5.41) is 3.31. The molecule has 0 heterocycles. The topological polar surface area (TPSA) is 12.0 Å². The third kappa shape index (κ3) is 5.42. The van der Waals surface area contributed by atoms with Crippen molar-refractivity contribution in [1.82, 2.24) is 5.32 Å². The molecular formula is C9H17N. The summed E-state index contributed by atoms with van der Waals surface area (Å²) in [6, 6.07) is 0. The zero-order chi connectivity index (χ0) is 8.20. The Labute approximate surface area is 63.8 Å². The summed E-state index contributed by atoms with van der Waals surface area (Å²) in [4.78, 5) is 0. The molecule has 0 atom stereocenters. The maximum atomic E-state index is 3.61. The van der Waals surface area contributed by atoms with E-state index in [1.165, 1.54) is 0 Å². The van der Waals surface area contributed by atoms with Gasteiger partial charge in [0.15, 0.2) is 0 Å². The first-order valence-corrected chi connectivity index (χ1v) is 3.53. The molecular weight excluding hydrogens is 122 g/mol. The average molecular weight is 139 g/mol. The van der Waals surface area contributed by atoms with Crippen LogP contribution in [0.15, 0.2) is 24.4 Å². The highest BCUT2D eigenvalue weighted by Crippen LogP contribution is 2.02. The quantitative estimate of drug-likeness (QED) is 0.579. The molecule has 0 aliphatic rings. The summed E-state index contributed by atoms with van der Waals surface area (Å²) >= 11 is 0. The molecule has 10 heavy (non-hydrogen) atoms. The minimum absolute atomic E-state index is 0.156. The highest BCUT2D eigenvalue weighted by molar-refractivity contribution is 5.07. The van der Waals surface area contributed by atoms with Gasteiger partial charge in [0, 0.05) is 11.2 Å². The molecule has 0 radical (unpaired) electrons. The van der Waals surface area contributed by atoms with Gasteiger partial charge >= 0.3 is 0 Å². The smallest absolute Gasteiger partial charge is 0.0286 e. The van der Waals surface area contributed by atoms with E-state index in [0.29, 0.717) is 0 Å². The molecule has 58 valence electrons. The third-order valence-corrected chi connectivity index (χ3v) is 0.940. The lowest BCUT2D eigenvalue weighted by Crippen LogP contribution is -2.33. The van der Waals surface area contributed by atoms with Crippen molar-refractivity contribution in [1.29, 1.82) is 0 Å². The number of hydrogen-bond donors (Lipinski definition) is 1. The lowest BCUT2D eigenvalue weighted by molar-refractivity contribution is 0.473. The number of nitrogens with one attached hydrogen (secondary N) is 1. The molecule has 0 rings (SSSR count). The van der Waals surface area contributed by atoms with Crippen LogP contribution in [0.5, 0.6) is 0 Å². The van der Waals surface area contributed by atoms with Crippen molar-refractivity contribution in [3.8, 4) is 0 Å². The molecule has 0 bridgehead atoms. The van der Waals surface area contributed by atoms with Crippen LogP contribution < -0.4 is 5.32 Å². The molecule has 0 unspecified atom stereocenters. The Morgan fingerprint density at radius 2 is 1.90 bits per heavy atom. The number of rotatable bonds is 2. The maximum Gasteiger partial charge on any atom is 0.0286 e. The Hall–Kier alpha value is -0.720. The second-order valence-corrected chi connectivity index (χ2v) is 3.46. The summed E-state index contributed by atoms with van der Waals surface area (Å²) in [6.07, 6.45) is 3.75. The van der Waals surface area contributed by atoms with Crippen molar-refractivity contribution in [3.05, 3.63) is 24.4 Å². The SMILES string of the molecule is C=C/C=C(\C)NC(C)(C)C. The van der Waals surface area contributed by atoms with Crippen LogP contribution in [0.4, 0.5) is 0 Å². The predicted octanol–water partition coefficient (Wildman–Crippen LogP) is 2.46. The monoisotopic (exact) mass is 139 g/mol. The molecule has 0 saturated heterocycles. The second kappa shape index (κ2) is 3.45. The highest BCUT2D eigenvalue weighted by Gasteiger charge is 2.06. The largest absolute Gasteiger partial charge is 0.384 e. The van der Waals surface area contributed by atoms with Crippen molar-refractivity contribution in [2.75, 3.05) is 0 Å². The van der Waals surface area contributed by atoms with E-state index in [1.54, 1.807) is 6.08 Å². The van der Waals surface area contributed by atoms with Crippen molar-refractivity contribution in [2.24, 2.45) is 0 Å². The molecule has 0 saturated carbocycles. The Balaban J connectivity index is 3.91. The zero-order valence-electron chi connectivity index (χ0n) is 7.36. The number of allylic oxidation sites excluding steroid dienone is 3. The highest BCUT2D eigenvalue weighted by atomic mass is 14.9. The van der Waals surface area contributed by atoms with Crippen LogP contribution in [-0.2, 0) is 0 Å². The van der Waals surface area contributed by atoms with Gasteiger partial charge in [-0.1, -0.05) is 12.7 Å². The van der Waals surface area contributed by atoms with Gasteiger partial charge in [-0.25, -0.2) is 0 Å².